The highest BCUT2D eigenvalue weighted by Crippen LogP contribution is 2.32. The molecule has 0 amide bonds. The van der Waals surface area contributed by atoms with Gasteiger partial charge in [-0.3, -0.25) is 9.59 Å². The Morgan fingerprint density at radius 1 is 1.26 bits per heavy atom. The third-order valence-corrected chi connectivity index (χ3v) is 3.75. The number of carbonyl (C=O) groups is 2. The Morgan fingerprint density at radius 3 is 2.68 bits per heavy atom. The quantitative estimate of drug-likeness (QED) is 0.847. The fourth-order valence-corrected chi connectivity index (χ4v) is 2.66. The fourth-order valence-electron chi connectivity index (χ4n) is 2.66. The molecular weight excluding hydrogens is 244 g/mol. The minimum atomic E-state index is -0.789. The van der Waals surface area contributed by atoms with Gasteiger partial charge in [0.25, 0.3) is 0 Å². The molecule has 1 aromatic rings. The molecule has 1 saturated carbocycles. The van der Waals surface area contributed by atoms with Crippen molar-refractivity contribution in [1.29, 1.82) is 0 Å². The smallest absolute Gasteiger partial charge is 0.306 e. The van der Waals surface area contributed by atoms with Crippen LogP contribution < -0.4 is 4.74 Å². The van der Waals surface area contributed by atoms with Crippen LogP contribution in [0, 0.1) is 11.8 Å². The summed E-state index contributed by atoms with van der Waals surface area (Å²) < 4.78 is 5.11. The molecule has 1 aromatic carbocycles. The zero-order valence-electron chi connectivity index (χ0n) is 11.0. The molecule has 1 aliphatic rings. The standard InChI is InChI=1S/C15H18O4/c1-19-13-7-3-5-11(9-13)14(16)10-4-2-6-12(8-10)15(17)18/h3,5,7,9-10,12H,2,4,6,8H2,1H3,(H,17,18). The minimum absolute atomic E-state index is 0.0323. The van der Waals surface area contributed by atoms with E-state index in [2.05, 4.69) is 0 Å². The van der Waals surface area contributed by atoms with Crippen molar-refractivity contribution in [2.75, 3.05) is 7.11 Å². The predicted octanol–water partition coefficient (Wildman–Crippen LogP) is 2.77. The number of hydrogen-bond donors (Lipinski definition) is 1. The molecule has 2 rings (SSSR count). The number of benzene rings is 1. The molecule has 4 heteroatoms. The van der Waals surface area contributed by atoms with Crippen LogP contribution >= 0.6 is 0 Å². The first-order chi connectivity index (χ1) is 9.11. The summed E-state index contributed by atoms with van der Waals surface area (Å²) in [6, 6.07) is 7.04. The lowest BCUT2D eigenvalue weighted by atomic mass is 9.78. The van der Waals surface area contributed by atoms with Crippen molar-refractivity contribution < 1.29 is 19.4 Å². The van der Waals surface area contributed by atoms with E-state index in [4.69, 9.17) is 9.84 Å². The molecular formula is C15H18O4. The molecule has 0 saturated heterocycles. The summed E-state index contributed by atoms with van der Waals surface area (Å²) in [6.45, 7) is 0. The number of hydrogen-bond acceptors (Lipinski definition) is 3. The van der Waals surface area contributed by atoms with E-state index in [0.29, 0.717) is 24.2 Å². The monoisotopic (exact) mass is 262 g/mol. The van der Waals surface area contributed by atoms with E-state index < -0.39 is 5.97 Å². The molecule has 0 bridgehead atoms. The Morgan fingerprint density at radius 2 is 2.00 bits per heavy atom. The van der Waals surface area contributed by atoms with E-state index in [1.165, 1.54) is 0 Å². The molecule has 1 fully saturated rings. The second-order valence-electron chi connectivity index (χ2n) is 4.99. The largest absolute Gasteiger partial charge is 0.497 e. The highest BCUT2D eigenvalue weighted by atomic mass is 16.5. The van der Waals surface area contributed by atoms with Crippen LogP contribution in [0.15, 0.2) is 24.3 Å². The Kier molecular flexibility index (Phi) is 4.20. The zero-order valence-corrected chi connectivity index (χ0v) is 11.0. The maximum absolute atomic E-state index is 12.4. The molecule has 1 aliphatic carbocycles. The van der Waals surface area contributed by atoms with E-state index in [9.17, 15) is 9.59 Å². The highest BCUT2D eigenvalue weighted by molar-refractivity contribution is 5.98. The average molecular weight is 262 g/mol. The topological polar surface area (TPSA) is 63.6 Å². The van der Waals surface area contributed by atoms with Crippen molar-refractivity contribution in [3.63, 3.8) is 0 Å². The third kappa shape index (κ3) is 3.13. The van der Waals surface area contributed by atoms with Crippen LogP contribution in [-0.2, 0) is 4.79 Å². The average Bonchev–Trinajstić information content (AvgIpc) is 2.46. The van der Waals surface area contributed by atoms with Crippen LogP contribution in [0.25, 0.3) is 0 Å². The maximum atomic E-state index is 12.4. The van der Waals surface area contributed by atoms with Crippen molar-refractivity contribution in [3.8, 4) is 5.75 Å². The zero-order chi connectivity index (χ0) is 13.8. The van der Waals surface area contributed by atoms with E-state index in [1.54, 1.807) is 31.4 Å². The molecule has 0 radical (unpaired) electrons. The number of aliphatic carboxylic acids is 1. The van der Waals surface area contributed by atoms with Crippen LogP contribution in [0.3, 0.4) is 0 Å². The van der Waals surface area contributed by atoms with Crippen LogP contribution in [0.2, 0.25) is 0 Å². The number of Topliss-reactive ketones (excluding diaryl/α,β-unsaturated/α-hetero) is 1. The minimum Gasteiger partial charge on any atom is -0.497 e. The third-order valence-electron chi connectivity index (χ3n) is 3.75. The van der Waals surface area contributed by atoms with E-state index in [0.717, 1.165) is 12.8 Å². The molecule has 4 nitrogen and oxygen atoms in total. The first-order valence-electron chi connectivity index (χ1n) is 6.53. The predicted molar refractivity (Wildman–Crippen MR) is 70.4 cm³/mol. The Balaban J connectivity index is 2.12. The van der Waals surface area contributed by atoms with Crippen molar-refractivity contribution >= 4 is 11.8 Å². The Hall–Kier alpha value is -1.84. The maximum Gasteiger partial charge on any atom is 0.306 e. The SMILES string of the molecule is COc1cccc(C(=O)C2CCCC(C(=O)O)C2)c1. The lowest BCUT2D eigenvalue weighted by Crippen LogP contribution is -2.27. The normalized spacial score (nSPS) is 22.8. The van der Waals surface area contributed by atoms with E-state index in [1.807, 2.05) is 0 Å². The summed E-state index contributed by atoms with van der Waals surface area (Å²) in [5.74, 6) is -0.667. The Labute approximate surface area is 112 Å². The van der Waals surface area contributed by atoms with Crippen molar-refractivity contribution in [1.82, 2.24) is 0 Å². The van der Waals surface area contributed by atoms with E-state index in [-0.39, 0.29) is 17.6 Å². The van der Waals surface area contributed by atoms with Crippen molar-refractivity contribution in [2.45, 2.75) is 25.7 Å². The summed E-state index contributed by atoms with van der Waals surface area (Å²) in [4.78, 5) is 23.4. The summed E-state index contributed by atoms with van der Waals surface area (Å²) >= 11 is 0. The van der Waals surface area contributed by atoms with Crippen LogP contribution in [-0.4, -0.2) is 24.0 Å². The molecule has 19 heavy (non-hydrogen) atoms. The lowest BCUT2D eigenvalue weighted by molar-refractivity contribution is -0.143. The number of carbonyl (C=O) groups excluding carboxylic acids is 1. The van der Waals surface area contributed by atoms with Gasteiger partial charge in [-0.2, -0.15) is 0 Å². The van der Waals surface area contributed by atoms with Crippen molar-refractivity contribution in [2.24, 2.45) is 11.8 Å². The van der Waals surface area contributed by atoms with Gasteiger partial charge in [0.1, 0.15) is 5.75 Å². The molecule has 102 valence electrons. The number of rotatable bonds is 4. The van der Waals surface area contributed by atoms with Gasteiger partial charge in [0.15, 0.2) is 5.78 Å². The summed E-state index contributed by atoms with van der Waals surface area (Å²) in [5, 5.41) is 9.06. The number of carboxylic acid groups (broad SMARTS) is 1. The molecule has 1 N–H and O–H groups in total. The van der Waals surface area contributed by atoms with Gasteiger partial charge in [0.05, 0.1) is 13.0 Å². The number of methoxy groups -OCH3 is 1. The molecule has 0 spiro atoms. The second-order valence-corrected chi connectivity index (χ2v) is 4.99. The van der Waals surface area contributed by atoms with E-state index >= 15 is 0 Å². The first kappa shape index (κ1) is 13.6. The van der Waals surface area contributed by atoms with Gasteiger partial charge < -0.3 is 9.84 Å². The second kappa shape index (κ2) is 5.87. The molecule has 0 heterocycles. The van der Waals surface area contributed by atoms with Gasteiger partial charge in [-0.05, 0) is 31.4 Å². The number of ether oxygens (including phenoxy) is 1. The lowest BCUT2D eigenvalue weighted by Gasteiger charge is -2.25. The Bertz CT molecular complexity index is 481. The summed E-state index contributed by atoms with van der Waals surface area (Å²) in [5.41, 5.74) is 0.607. The van der Waals surface area contributed by atoms with Gasteiger partial charge in [-0.15, -0.1) is 0 Å². The summed E-state index contributed by atoms with van der Waals surface area (Å²) in [7, 11) is 1.56. The molecule has 2 atom stereocenters. The van der Waals surface area contributed by atoms with Gasteiger partial charge in [0.2, 0.25) is 0 Å². The molecule has 0 aromatic heterocycles. The first-order valence-corrected chi connectivity index (χ1v) is 6.53. The molecule has 2 unspecified atom stereocenters. The molecule has 0 aliphatic heterocycles. The van der Waals surface area contributed by atoms with Gasteiger partial charge >= 0.3 is 5.97 Å². The highest BCUT2D eigenvalue weighted by Gasteiger charge is 2.31. The van der Waals surface area contributed by atoms with Gasteiger partial charge in [-0.25, -0.2) is 0 Å². The summed E-state index contributed by atoms with van der Waals surface area (Å²) in [6.07, 6.45) is 2.71. The number of ketones is 1. The van der Waals surface area contributed by atoms with Crippen molar-refractivity contribution in [3.05, 3.63) is 29.8 Å². The fraction of sp³-hybridized carbons (Fsp3) is 0.467. The number of carboxylic acids is 1. The van der Waals surface area contributed by atoms with Crippen LogP contribution in [0.4, 0.5) is 0 Å². The van der Waals surface area contributed by atoms with Crippen LogP contribution in [0.5, 0.6) is 5.75 Å². The van der Waals surface area contributed by atoms with Gasteiger partial charge in [0, 0.05) is 11.5 Å². The van der Waals surface area contributed by atoms with Crippen LogP contribution in [0.1, 0.15) is 36.0 Å². The van der Waals surface area contributed by atoms with Gasteiger partial charge in [-0.1, -0.05) is 18.6 Å².